The Balaban J connectivity index is 3.50. The highest BCUT2D eigenvalue weighted by molar-refractivity contribution is 8.13. The molecule has 1 aromatic rings. The molecular weight excluding hydrogens is 248 g/mol. The SMILES string of the molecule is O=Cc1cc([N+](=O)[O-])nc(S(=O)(=O)Cl)c1. The predicted molar refractivity (Wildman–Crippen MR) is 49.3 cm³/mol. The molecule has 0 saturated carbocycles. The van der Waals surface area contributed by atoms with Crippen LogP contribution >= 0.6 is 10.7 Å². The van der Waals surface area contributed by atoms with E-state index in [2.05, 4.69) is 4.98 Å². The maximum atomic E-state index is 10.8. The van der Waals surface area contributed by atoms with Crippen molar-refractivity contribution in [3.63, 3.8) is 0 Å². The van der Waals surface area contributed by atoms with Crippen LogP contribution in [-0.4, -0.2) is 24.6 Å². The molecule has 0 bridgehead atoms. The van der Waals surface area contributed by atoms with Crippen molar-refractivity contribution >= 4 is 31.8 Å². The van der Waals surface area contributed by atoms with Gasteiger partial charge in [-0.15, -0.1) is 0 Å². The zero-order valence-corrected chi connectivity index (χ0v) is 8.53. The molecule has 1 rings (SSSR count). The highest BCUT2D eigenvalue weighted by Crippen LogP contribution is 2.18. The number of nitrogens with zero attached hydrogens (tertiary/aromatic N) is 2. The van der Waals surface area contributed by atoms with Crippen LogP contribution in [0, 0.1) is 10.1 Å². The van der Waals surface area contributed by atoms with Crippen LogP contribution in [0.3, 0.4) is 0 Å². The Hall–Kier alpha value is -1.54. The van der Waals surface area contributed by atoms with Gasteiger partial charge in [0.05, 0.1) is 0 Å². The van der Waals surface area contributed by atoms with Gasteiger partial charge in [-0.05, 0) is 9.91 Å². The summed E-state index contributed by atoms with van der Waals surface area (Å²) in [5.41, 5.74) is -0.184. The van der Waals surface area contributed by atoms with Crippen LogP contribution in [-0.2, 0) is 9.05 Å². The fraction of sp³-hybridized carbons (Fsp3) is 0. The van der Waals surface area contributed by atoms with E-state index in [-0.39, 0.29) is 11.8 Å². The van der Waals surface area contributed by atoms with Gasteiger partial charge in [-0.2, -0.15) is 0 Å². The van der Waals surface area contributed by atoms with Gasteiger partial charge in [0.2, 0.25) is 0 Å². The Morgan fingerprint density at radius 2 is 2.07 bits per heavy atom. The van der Waals surface area contributed by atoms with Crippen molar-refractivity contribution in [3.05, 3.63) is 27.8 Å². The lowest BCUT2D eigenvalue weighted by Crippen LogP contribution is -2.01. The van der Waals surface area contributed by atoms with Gasteiger partial charge in [-0.25, -0.2) is 8.42 Å². The lowest BCUT2D eigenvalue weighted by atomic mass is 10.3. The standard InChI is InChI=1S/C6H3ClN2O5S/c7-15(13,14)6-2-4(3-10)1-5(8-6)9(11)12/h1-3H. The molecule has 15 heavy (non-hydrogen) atoms. The molecule has 0 radical (unpaired) electrons. The van der Waals surface area contributed by atoms with E-state index in [1.54, 1.807) is 0 Å². The van der Waals surface area contributed by atoms with E-state index in [0.29, 0.717) is 0 Å². The largest absolute Gasteiger partial charge is 0.365 e. The third-order valence-corrected chi connectivity index (χ3v) is 2.57. The highest BCUT2D eigenvalue weighted by atomic mass is 35.7. The third kappa shape index (κ3) is 2.70. The third-order valence-electron chi connectivity index (χ3n) is 1.38. The normalized spacial score (nSPS) is 11.0. The van der Waals surface area contributed by atoms with Crippen LogP contribution in [0.5, 0.6) is 0 Å². The molecule has 0 aliphatic rings. The van der Waals surface area contributed by atoms with E-state index in [9.17, 15) is 23.3 Å². The van der Waals surface area contributed by atoms with E-state index >= 15 is 0 Å². The molecule has 0 atom stereocenters. The van der Waals surface area contributed by atoms with Crippen molar-refractivity contribution in [2.24, 2.45) is 0 Å². The first-order valence-corrected chi connectivity index (χ1v) is 5.72. The minimum absolute atomic E-state index is 0.184. The van der Waals surface area contributed by atoms with Gasteiger partial charge in [-0.3, -0.25) is 4.79 Å². The molecule has 0 amide bonds. The molecule has 0 spiro atoms. The number of aromatic nitrogens is 1. The Kier molecular flexibility index (Phi) is 3.01. The van der Waals surface area contributed by atoms with Crippen LogP contribution < -0.4 is 0 Å². The van der Waals surface area contributed by atoms with Crippen molar-refractivity contribution < 1.29 is 18.1 Å². The Morgan fingerprint density at radius 1 is 1.47 bits per heavy atom. The van der Waals surface area contributed by atoms with Crippen molar-refractivity contribution in [1.82, 2.24) is 4.98 Å². The average molecular weight is 251 g/mol. The van der Waals surface area contributed by atoms with Crippen molar-refractivity contribution in [2.45, 2.75) is 5.03 Å². The quantitative estimate of drug-likeness (QED) is 0.339. The molecule has 7 nitrogen and oxygen atoms in total. The molecule has 9 heteroatoms. The van der Waals surface area contributed by atoms with Gasteiger partial charge in [0, 0.05) is 28.4 Å². The summed E-state index contributed by atoms with van der Waals surface area (Å²) in [6.45, 7) is 0. The molecule has 0 aliphatic carbocycles. The smallest absolute Gasteiger partial charge is 0.358 e. The molecule has 0 saturated heterocycles. The number of pyridine rings is 1. The van der Waals surface area contributed by atoms with Gasteiger partial charge < -0.3 is 10.1 Å². The molecule has 80 valence electrons. The number of carbonyl (C=O) groups excluding carboxylic acids is 1. The van der Waals surface area contributed by atoms with Crippen LogP contribution in [0.15, 0.2) is 17.2 Å². The number of nitro groups is 1. The van der Waals surface area contributed by atoms with E-state index in [0.717, 1.165) is 12.1 Å². The number of hydrogen-bond acceptors (Lipinski definition) is 6. The van der Waals surface area contributed by atoms with E-state index in [1.165, 1.54) is 0 Å². The van der Waals surface area contributed by atoms with Gasteiger partial charge in [0.15, 0.2) is 6.29 Å². The first-order valence-electron chi connectivity index (χ1n) is 3.41. The average Bonchev–Trinajstić information content (AvgIpc) is 2.15. The van der Waals surface area contributed by atoms with Crippen molar-refractivity contribution in [1.29, 1.82) is 0 Å². The fourth-order valence-corrected chi connectivity index (χ4v) is 1.51. The summed E-state index contributed by atoms with van der Waals surface area (Å²) in [7, 11) is 0.742. The molecule has 0 fully saturated rings. The summed E-state index contributed by atoms with van der Waals surface area (Å²) in [5, 5.41) is 9.62. The molecule has 0 aromatic carbocycles. The van der Waals surface area contributed by atoms with E-state index < -0.39 is 24.8 Å². The Bertz CT molecular complexity index is 526. The number of aldehydes is 1. The van der Waals surface area contributed by atoms with E-state index in [1.807, 2.05) is 0 Å². The fourth-order valence-electron chi connectivity index (χ4n) is 0.797. The van der Waals surface area contributed by atoms with Gasteiger partial charge in [0.1, 0.15) is 0 Å². The number of hydrogen-bond donors (Lipinski definition) is 0. The van der Waals surface area contributed by atoms with Gasteiger partial charge >= 0.3 is 14.9 Å². The lowest BCUT2D eigenvalue weighted by Gasteiger charge is -1.95. The second-order valence-electron chi connectivity index (χ2n) is 2.41. The zero-order chi connectivity index (χ0) is 11.6. The second-order valence-corrected chi connectivity index (χ2v) is 4.92. The molecule has 1 aromatic heterocycles. The number of carbonyl (C=O) groups is 1. The van der Waals surface area contributed by atoms with Crippen molar-refractivity contribution in [2.75, 3.05) is 0 Å². The van der Waals surface area contributed by atoms with E-state index in [4.69, 9.17) is 10.7 Å². The van der Waals surface area contributed by atoms with Crippen LogP contribution in [0.4, 0.5) is 5.82 Å². The first kappa shape index (κ1) is 11.5. The van der Waals surface area contributed by atoms with Gasteiger partial charge in [-0.1, -0.05) is 0 Å². The summed E-state index contributed by atoms with van der Waals surface area (Å²) in [4.78, 5) is 23.0. The summed E-state index contributed by atoms with van der Waals surface area (Å²) >= 11 is 0. The second kappa shape index (κ2) is 3.91. The summed E-state index contributed by atoms with van der Waals surface area (Å²) in [5.74, 6) is -0.751. The highest BCUT2D eigenvalue weighted by Gasteiger charge is 2.22. The Labute approximate surface area is 88.3 Å². The predicted octanol–water partition coefficient (Wildman–Crippen LogP) is 0.730. The maximum Gasteiger partial charge on any atom is 0.365 e. The summed E-state index contributed by atoms with van der Waals surface area (Å²) < 4.78 is 21.7. The zero-order valence-electron chi connectivity index (χ0n) is 6.95. The first-order chi connectivity index (χ1) is 6.84. The van der Waals surface area contributed by atoms with Gasteiger partial charge in [0.25, 0.3) is 5.03 Å². The maximum absolute atomic E-state index is 10.8. The lowest BCUT2D eigenvalue weighted by molar-refractivity contribution is -0.390. The topological polar surface area (TPSA) is 107 Å². The van der Waals surface area contributed by atoms with Crippen LogP contribution in [0.2, 0.25) is 0 Å². The minimum Gasteiger partial charge on any atom is -0.358 e. The molecular formula is C6H3ClN2O5S. The molecule has 1 heterocycles. The summed E-state index contributed by atoms with van der Waals surface area (Å²) in [6.07, 6.45) is 0.264. The minimum atomic E-state index is -4.19. The van der Waals surface area contributed by atoms with Crippen LogP contribution in [0.25, 0.3) is 0 Å². The number of halogens is 1. The molecule has 0 unspecified atom stereocenters. The molecule has 0 aliphatic heterocycles. The Morgan fingerprint density at radius 3 is 2.47 bits per heavy atom. The van der Waals surface area contributed by atoms with Crippen LogP contribution in [0.1, 0.15) is 10.4 Å². The monoisotopic (exact) mass is 250 g/mol. The van der Waals surface area contributed by atoms with Crippen molar-refractivity contribution in [3.8, 4) is 0 Å². The molecule has 0 N–H and O–H groups in total. The summed E-state index contributed by atoms with van der Waals surface area (Å²) in [6, 6.07) is 1.70. The number of rotatable bonds is 3.